The predicted molar refractivity (Wildman–Crippen MR) is 102 cm³/mol. The minimum absolute atomic E-state index is 0.0521. The molecule has 6 heteroatoms. The maximum atomic E-state index is 12.6. The van der Waals surface area contributed by atoms with Gasteiger partial charge < -0.3 is 0 Å². The first-order chi connectivity index (χ1) is 11.6. The monoisotopic (exact) mass is 422 g/mol. The molecule has 0 aliphatic heterocycles. The van der Waals surface area contributed by atoms with Gasteiger partial charge in [-0.3, -0.25) is 4.79 Å². The maximum absolute atomic E-state index is 12.6. The number of benzene rings is 2. The summed E-state index contributed by atoms with van der Waals surface area (Å²) in [5.41, 5.74) is 1.80. The zero-order valence-corrected chi connectivity index (χ0v) is 15.7. The number of nitrogens with zero attached hydrogens (tertiary/aromatic N) is 2. The van der Waals surface area contributed by atoms with Crippen LogP contribution in [0.25, 0.3) is 22.3 Å². The van der Waals surface area contributed by atoms with Crippen molar-refractivity contribution in [2.24, 2.45) is 0 Å². The van der Waals surface area contributed by atoms with E-state index in [1.807, 2.05) is 30.3 Å². The summed E-state index contributed by atoms with van der Waals surface area (Å²) in [7, 11) is 0. The molecule has 3 aromatic rings. The number of fused-ring (bicyclic) bond motifs is 1. The highest BCUT2D eigenvalue weighted by Crippen LogP contribution is 2.28. The number of halogens is 3. The normalized spacial score (nSPS) is 11.0. The second-order valence-electron chi connectivity index (χ2n) is 5.25. The Labute approximate surface area is 158 Å². The smallest absolute Gasteiger partial charge is 0.182 e. The average Bonchev–Trinajstić information content (AvgIpc) is 2.60. The minimum atomic E-state index is -0.0521. The van der Waals surface area contributed by atoms with Crippen molar-refractivity contribution < 1.29 is 4.79 Å². The van der Waals surface area contributed by atoms with E-state index in [0.29, 0.717) is 46.2 Å². The van der Waals surface area contributed by atoms with E-state index in [-0.39, 0.29) is 5.78 Å². The number of hydrogen-bond acceptors (Lipinski definition) is 3. The summed E-state index contributed by atoms with van der Waals surface area (Å²) in [6.45, 7) is 0. The van der Waals surface area contributed by atoms with Crippen molar-refractivity contribution in [3.8, 4) is 11.4 Å². The third-order valence-corrected chi connectivity index (χ3v) is 4.68. The number of carbonyl (C=O) groups is 1. The third kappa shape index (κ3) is 3.61. The molecule has 24 heavy (non-hydrogen) atoms. The van der Waals surface area contributed by atoms with Crippen LogP contribution in [0.15, 0.2) is 46.9 Å². The van der Waals surface area contributed by atoms with Crippen LogP contribution in [0.5, 0.6) is 0 Å². The van der Waals surface area contributed by atoms with Gasteiger partial charge >= 0.3 is 0 Å². The highest BCUT2D eigenvalue weighted by atomic mass is 79.9. The first-order valence-electron chi connectivity index (χ1n) is 7.41. The highest BCUT2D eigenvalue weighted by Gasteiger charge is 2.17. The lowest BCUT2D eigenvalue weighted by atomic mass is 10.1. The number of Topliss-reactive ketones (excluding diaryl/α,β-unsaturated/α-hetero) is 1. The van der Waals surface area contributed by atoms with Crippen LogP contribution in [0, 0.1) is 0 Å². The van der Waals surface area contributed by atoms with Crippen molar-refractivity contribution in [1.82, 2.24) is 9.97 Å². The number of rotatable bonds is 5. The molecule has 0 atom stereocenters. The molecule has 122 valence electrons. The van der Waals surface area contributed by atoms with Crippen LogP contribution in [0.2, 0.25) is 5.02 Å². The van der Waals surface area contributed by atoms with Gasteiger partial charge in [-0.25, -0.2) is 9.97 Å². The second kappa shape index (κ2) is 7.60. The van der Waals surface area contributed by atoms with E-state index in [9.17, 15) is 4.79 Å². The van der Waals surface area contributed by atoms with E-state index < -0.39 is 0 Å². The van der Waals surface area contributed by atoms with E-state index in [4.69, 9.17) is 23.2 Å². The second-order valence-corrected chi connectivity index (χ2v) is 6.96. The van der Waals surface area contributed by atoms with Gasteiger partial charge in [0, 0.05) is 27.7 Å². The van der Waals surface area contributed by atoms with Crippen LogP contribution in [0.3, 0.4) is 0 Å². The first kappa shape index (κ1) is 17.3. The van der Waals surface area contributed by atoms with Crippen LogP contribution in [0.1, 0.15) is 23.3 Å². The molecule has 3 nitrogen and oxygen atoms in total. The number of aromatic nitrogens is 2. The van der Waals surface area contributed by atoms with Crippen LogP contribution in [-0.4, -0.2) is 21.6 Å². The van der Waals surface area contributed by atoms with Gasteiger partial charge in [0.05, 0.1) is 10.5 Å². The van der Waals surface area contributed by atoms with Crippen LogP contribution >= 0.6 is 39.1 Å². The Morgan fingerprint density at radius 1 is 1.08 bits per heavy atom. The molecular formula is C18H13BrCl2N2O. The standard InChI is InChI=1S/C18H13BrCl2N2O/c19-12-8-6-11(7-9-12)18-22-16-13(3-1-4-14(16)21)17(23-18)15(24)5-2-10-20/h1,3-4,6-9H,2,5,10H2. The Balaban J connectivity index is 2.19. The van der Waals surface area contributed by atoms with E-state index >= 15 is 0 Å². The van der Waals surface area contributed by atoms with Gasteiger partial charge in [-0.15, -0.1) is 11.6 Å². The summed E-state index contributed by atoms with van der Waals surface area (Å²) >= 11 is 15.4. The molecule has 0 fully saturated rings. The van der Waals surface area contributed by atoms with Crippen molar-refractivity contribution in [2.75, 3.05) is 5.88 Å². The van der Waals surface area contributed by atoms with Gasteiger partial charge in [0.15, 0.2) is 11.6 Å². The summed E-state index contributed by atoms with van der Waals surface area (Å²) in [5.74, 6) is 0.871. The Kier molecular flexibility index (Phi) is 5.49. The largest absolute Gasteiger partial charge is 0.292 e. The zero-order valence-electron chi connectivity index (χ0n) is 12.6. The van der Waals surface area contributed by atoms with Crippen LogP contribution < -0.4 is 0 Å². The van der Waals surface area contributed by atoms with Crippen molar-refractivity contribution in [3.63, 3.8) is 0 Å². The van der Waals surface area contributed by atoms with E-state index in [1.54, 1.807) is 12.1 Å². The molecule has 0 spiro atoms. The SMILES string of the molecule is O=C(CCCCl)c1nc(-c2ccc(Br)cc2)nc2c(Cl)cccc12. The lowest BCUT2D eigenvalue weighted by Gasteiger charge is -2.09. The Morgan fingerprint density at radius 2 is 1.83 bits per heavy atom. The predicted octanol–water partition coefficient (Wildman–Crippen LogP) is 5.91. The van der Waals surface area contributed by atoms with Crippen LogP contribution in [0.4, 0.5) is 0 Å². The molecule has 0 N–H and O–H groups in total. The topological polar surface area (TPSA) is 42.9 Å². The number of alkyl halides is 1. The summed E-state index contributed by atoms with van der Waals surface area (Å²) in [4.78, 5) is 21.6. The molecule has 1 aromatic heterocycles. The maximum Gasteiger partial charge on any atom is 0.182 e. The van der Waals surface area contributed by atoms with Gasteiger partial charge in [0.25, 0.3) is 0 Å². The van der Waals surface area contributed by atoms with Gasteiger partial charge in [-0.2, -0.15) is 0 Å². The Hall–Kier alpha value is -1.49. The molecular weight excluding hydrogens is 411 g/mol. The molecule has 1 heterocycles. The molecule has 2 aromatic carbocycles. The zero-order chi connectivity index (χ0) is 17.1. The molecule has 0 amide bonds. The number of para-hydroxylation sites is 1. The molecule has 0 aliphatic carbocycles. The molecule has 0 radical (unpaired) electrons. The number of ketones is 1. The number of carbonyl (C=O) groups excluding carboxylic acids is 1. The molecule has 0 aliphatic rings. The van der Waals surface area contributed by atoms with Crippen LogP contribution in [-0.2, 0) is 0 Å². The molecule has 3 rings (SSSR count). The van der Waals surface area contributed by atoms with Crippen molar-refractivity contribution in [2.45, 2.75) is 12.8 Å². The van der Waals surface area contributed by atoms with Crippen molar-refractivity contribution in [1.29, 1.82) is 0 Å². The number of hydrogen-bond donors (Lipinski definition) is 0. The Morgan fingerprint density at radius 3 is 2.54 bits per heavy atom. The summed E-state index contributed by atoms with van der Waals surface area (Å²) in [5, 5.41) is 1.17. The van der Waals surface area contributed by atoms with Crippen molar-refractivity contribution in [3.05, 3.63) is 57.7 Å². The minimum Gasteiger partial charge on any atom is -0.292 e. The molecule has 0 unspecified atom stereocenters. The van der Waals surface area contributed by atoms with E-state index in [1.165, 1.54) is 0 Å². The molecule has 0 saturated heterocycles. The van der Waals surface area contributed by atoms with Gasteiger partial charge in [0.1, 0.15) is 5.69 Å². The lowest BCUT2D eigenvalue weighted by Crippen LogP contribution is -2.06. The summed E-state index contributed by atoms with van der Waals surface area (Å²) in [6.07, 6.45) is 0.960. The summed E-state index contributed by atoms with van der Waals surface area (Å²) in [6, 6.07) is 13.0. The molecule has 0 bridgehead atoms. The third-order valence-electron chi connectivity index (χ3n) is 3.58. The van der Waals surface area contributed by atoms with Gasteiger partial charge in [-0.1, -0.05) is 51.8 Å². The molecule has 0 saturated carbocycles. The quantitative estimate of drug-likeness (QED) is 0.378. The first-order valence-corrected chi connectivity index (χ1v) is 9.12. The fourth-order valence-corrected chi connectivity index (χ4v) is 3.02. The highest BCUT2D eigenvalue weighted by molar-refractivity contribution is 9.10. The fourth-order valence-electron chi connectivity index (χ4n) is 2.40. The van der Waals surface area contributed by atoms with Gasteiger partial charge in [-0.05, 0) is 24.6 Å². The van der Waals surface area contributed by atoms with Gasteiger partial charge in [0.2, 0.25) is 0 Å². The van der Waals surface area contributed by atoms with E-state index in [2.05, 4.69) is 25.9 Å². The average molecular weight is 424 g/mol. The van der Waals surface area contributed by atoms with Crippen molar-refractivity contribution >= 4 is 55.8 Å². The van der Waals surface area contributed by atoms with E-state index in [0.717, 1.165) is 10.0 Å². The summed E-state index contributed by atoms with van der Waals surface area (Å²) < 4.78 is 0.962. The Bertz CT molecular complexity index is 897. The lowest BCUT2D eigenvalue weighted by molar-refractivity contribution is 0.0979. The fraction of sp³-hybridized carbons (Fsp3) is 0.167.